The van der Waals surface area contributed by atoms with Crippen LogP contribution in [0.2, 0.25) is 0 Å². The van der Waals surface area contributed by atoms with E-state index in [-0.39, 0.29) is 5.91 Å². The number of carbonyl (C=O) groups excluding carboxylic acids is 1. The number of amides is 1. The normalized spacial score (nSPS) is 18.3. The Morgan fingerprint density at radius 3 is 3.05 bits per heavy atom. The highest BCUT2D eigenvalue weighted by Crippen LogP contribution is 2.29. The second-order valence-corrected chi connectivity index (χ2v) is 6.44. The quantitative estimate of drug-likeness (QED) is 0.946. The summed E-state index contributed by atoms with van der Waals surface area (Å²) in [4.78, 5) is 23.8. The third-order valence-electron chi connectivity index (χ3n) is 4.16. The highest BCUT2D eigenvalue weighted by molar-refractivity contribution is 7.11. The summed E-state index contributed by atoms with van der Waals surface area (Å²) < 4.78 is 0. The van der Waals surface area contributed by atoms with Gasteiger partial charge in [-0.25, -0.2) is 9.97 Å². The minimum absolute atomic E-state index is 0.118. The van der Waals surface area contributed by atoms with Crippen molar-refractivity contribution >= 4 is 23.1 Å². The maximum atomic E-state index is 12.7. The highest BCUT2D eigenvalue weighted by Gasteiger charge is 2.27. The largest absolute Gasteiger partial charge is 0.373 e. The molecule has 1 atom stereocenters. The molecular weight excluding hydrogens is 296 g/mol. The molecule has 0 saturated carbocycles. The van der Waals surface area contributed by atoms with Crippen LogP contribution in [0.25, 0.3) is 0 Å². The van der Waals surface area contributed by atoms with Crippen LogP contribution >= 0.6 is 11.3 Å². The van der Waals surface area contributed by atoms with Crippen LogP contribution in [0.1, 0.15) is 39.7 Å². The molecule has 0 aromatic carbocycles. The van der Waals surface area contributed by atoms with E-state index in [0.29, 0.717) is 5.92 Å². The number of anilines is 1. The smallest absolute Gasteiger partial charge is 0.265 e. The van der Waals surface area contributed by atoms with Crippen LogP contribution in [-0.2, 0) is 0 Å². The summed E-state index contributed by atoms with van der Waals surface area (Å²) >= 11 is 1.43. The van der Waals surface area contributed by atoms with Gasteiger partial charge in [-0.1, -0.05) is 0 Å². The minimum Gasteiger partial charge on any atom is -0.373 e. The molecule has 1 unspecified atom stereocenters. The van der Waals surface area contributed by atoms with E-state index in [2.05, 4.69) is 27.4 Å². The number of piperidine rings is 1. The van der Waals surface area contributed by atoms with E-state index in [0.717, 1.165) is 42.3 Å². The molecule has 3 heterocycles. The van der Waals surface area contributed by atoms with Gasteiger partial charge in [0.2, 0.25) is 0 Å². The first kappa shape index (κ1) is 15.0. The van der Waals surface area contributed by atoms with Crippen LogP contribution in [-0.4, -0.2) is 40.9 Å². The molecule has 0 spiro atoms. The van der Waals surface area contributed by atoms with Crippen molar-refractivity contribution in [1.82, 2.24) is 14.9 Å². The first-order valence-electron chi connectivity index (χ1n) is 7.52. The van der Waals surface area contributed by atoms with Gasteiger partial charge in [-0.2, -0.15) is 0 Å². The lowest BCUT2D eigenvalue weighted by Gasteiger charge is -2.33. The molecule has 0 bridgehead atoms. The summed E-state index contributed by atoms with van der Waals surface area (Å²) in [6.07, 6.45) is 3.97. The van der Waals surface area contributed by atoms with E-state index in [9.17, 15) is 4.79 Å². The van der Waals surface area contributed by atoms with Crippen LogP contribution < -0.4 is 5.32 Å². The molecule has 3 rings (SSSR count). The summed E-state index contributed by atoms with van der Waals surface area (Å²) in [6, 6.07) is 4.13. The lowest BCUT2D eigenvalue weighted by Crippen LogP contribution is -2.39. The third-order valence-corrected chi connectivity index (χ3v) is 5.08. The summed E-state index contributed by atoms with van der Waals surface area (Å²) in [7, 11) is 1.87. The number of aryl methyl sites for hydroxylation is 1. The van der Waals surface area contributed by atoms with Gasteiger partial charge < -0.3 is 10.2 Å². The molecule has 5 nitrogen and oxygen atoms in total. The zero-order chi connectivity index (χ0) is 15.5. The first-order valence-corrected chi connectivity index (χ1v) is 8.40. The van der Waals surface area contributed by atoms with Crippen LogP contribution in [0.4, 0.5) is 5.82 Å². The number of carbonyl (C=O) groups is 1. The van der Waals surface area contributed by atoms with Crippen LogP contribution in [0.5, 0.6) is 0 Å². The molecule has 1 saturated heterocycles. The van der Waals surface area contributed by atoms with Crippen molar-refractivity contribution in [3.8, 4) is 0 Å². The fourth-order valence-corrected chi connectivity index (χ4v) is 3.69. The van der Waals surface area contributed by atoms with Gasteiger partial charge in [-0.15, -0.1) is 11.3 Å². The van der Waals surface area contributed by atoms with E-state index >= 15 is 0 Å². The molecule has 2 aromatic rings. The van der Waals surface area contributed by atoms with Crippen molar-refractivity contribution < 1.29 is 4.79 Å². The average molecular weight is 316 g/mol. The number of pyridine rings is 1. The zero-order valence-corrected chi connectivity index (χ0v) is 13.7. The summed E-state index contributed by atoms with van der Waals surface area (Å²) in [6.45, 7) is 3.49. The van der Waals surface area contributed by atoms with Gasteiger partial charge >= 0.3 is 0 Å². The molecule has 22 heavy (non-hydrogen) atoms. The van der Waals surface area contributed by atoms with Gasteiger partial charge in [0.25, 0.3) is 5.91 Å². The van der Waals surface area contributed by atoms with Gasteiger partial charge in [0.05, 0.1) is 11.2 Å². The first-order chi connectivity index (χ1) is 10.7. The lowest BCUT2D eigenvalue weighted by molar-refractivity contribution is 0.0711. The molecule has 1 N–H and O–H groups in total. The molecule has 6 heteroatoms. The van der Waals surface area contributed by atoms with Crippen molar-refractivity contribution in [2.45, 2.75) is 25.7 Å². The number of nitrogens with one attached hydrogen (secondary N) is 1. The number of nitrogens with zero attached hydrogens (tertiary/aromatic N) is 3. The van der Waals surface area contributed by atoms with Crippen molar-refractivity contribution in [1.29, 1.82) is 0 Å². The van der Waals surface area contributed by atoms with Gasteiger partial charge in [0.1, 0.15) is 10.7 Å². The fraction of sp³-hybridized carbons (Fsp3) is 0.438. The Morgan fingerprint density at radius 2 is 2.32 bits per heavy atom. The standard InChI is InChI=1S/C16H20N4OS/c1-11-15(22-10-19-11)16(21)20-7-3-4-13(9-20)12-5-6-18-14(8-12)17-2/h5-6,8,10,13H,3-4,7,9H2,1-2H3,(H,17,18). The second-order valence-electron chi connectivity index (χ2n) is 5.58. The predicted molar refractivity (Wildman–Crippen MR) is 88.5 cm³/mol. The van der Waals surface area contributed by atoms with Gasteiger partial charge in [-0.05, 0) is 37.5 Å². The number of thiazole rings is 1. The van der Waals surface area contributed by atoms with Crippen LogP contribution in [0.3, 0.4) is 0 Å². The number of hydrogen-bond donors (Lipinski definition) is 1. The summed E-state index contributed by atoms with van der Waals surface area (Å²) in [5.41, 5.74) is 3.82. The van der Waals surface area contributed by atoms with Gasteiger partial charge in [0, 0.05) is 32.3 Å². The minimum atomic E-state index is 0.118. The Bertz CT molecular complexity index is 670. The Balaban J connectivity index is 1.76. The molecular formula is C16H20N4OS. The molecule has 2 aromatic heterocycles. The number of hydrogen-bond acceptors (Lipinski definition) is 5. The average Bonchev–Trinajstić information content (AvgIpc) is 3.00. The third kappa shape index (κ3) is 2.97. The Morgan fingerprint density at radius 1 is 1.45 bits per heavy atom. The SMILES string of the molecule is CNc1cc(C2CCCN(C(=O)c3scnc3C)C2)ccn1. The summed E-state index contributed by atoms with van der Waals surface area (Å²) in [5.74, 6) is 1.37. The van der Waals surface area contributed by atoms with Crippen molar-refractivity contribution in [3.63, 3.8) is 0 Å². The summed E-state index contributed by atoms with van der Waals surface area (Å²) in [5, 5.41) is 3.07. The number of likely N-dealkylation sites (tertiary alicyclic amines) is 1. The molecule has 0 aliphatic carbocycles. The Hall–Kier alpha value is -1.95. The maximum Gasteiger partial charge on any atom is 0.265 e. The Labute approximate surface area is 134 Å². The van der Waals surface area contributed by atoms with E-state index in [1.165, 1.54) is 16.9 Å². The molecule has 1 aliphatic rings. The van der Waals surface area contributed by atoms with Crippen LogP contribution in [0.15, 0.2) is 23.8 Å². The van der Waals surface area contributed by atoms with Crippen molar-refractivity contribution in [2.75, 3.05) is 25.5 Å². The van der Waals surface area contributed by atoms with Gasteiger partial charge in [-0.3, -0.25) is 4.79 Å². The molecule has 1 fully saturated rings. The Kier molecular flexibility index (Phi) is 4.38. The van der Waals surface area contributed by atoms with Crippen molar-refractivity contribution in [2.24, 2.45) is 0 Å². The zero-order valence-electron chi connectivity index (χ0n) is 12.9. The molecule has 1 aliphatic heterocycles. The van der Waals surface area contributed by atoms with Crippen LogP contribution in [0, 0.1) is 6.92 Å². The monoisotopic (exact) mass is 316 g/mol. The van der Waals surface area contributed by atoms with E-state index in [1.54, 1.807) is 5.51 Å². The molecule has 0 radical (unpaired) electrons. The predicted octanol–water partition coefficient (Wildman–Crippen LogP) is 2.91. The van der Waals surface area contributed by atoms with E-state index in [1.807, 2.05) is 25.1 Å². The lowest BCUT2D eigenvalue weighted by atomic mass is 9.91. The maximum absolute atomic E-state index is 12.7. The van der Waals surface area contributed by atoms with E-state index < -0.39 is 0 Å². The highest BCUT2D eigenvalue weighted by atomic mass is 32.1. The topological polar surface area (TPSA) is 58.1 Å². The second kappa shape index (κ2) is 6.44. The van der Waals surface area contributed by atoms with E-state index in [4.69, 9.17) is 0 Å². The van der Waals surface area contributed by atoms with Crippen molar-refractivity contribution in [3.05, 3.63) is 40.0 Å². The number of rotatable bonds is 3. The molecule has 116 valence electrons. The van der Waals surface area contributed by atoms with Gasteiger partial charge in [0.15, 0.2) is 0 Å². The molecule has 1 amide bonds. The fourth-order valence-electron chi connectivity index (χ4n) is 2.92. The number of aromatic nitrogens is 2.